The van der Waals surface area contributed by atoms with Gasteiger partial charge in [0, 0.05) is 12.3 Å². The number of carbonyl (C=O) groups is 1. The third-order valence-corrected chi connectivity index (χ3v) is 2.98. The summed E-state index contributed by atoms with van der Waals surface area (Å²) in [6, 6.07) is 3.13. The molecule has 2 amide bonds. The number of nitrogens with zero attached hydrogens (tertiary/aromatic N) is 1. The fraction of sp³-hybridized carbons (Fsp3) is 0.545. The molecule has 1 saturated carbocycles. The molecule has 3 N–H and O–H groups in total. The normalized spacial score (nSPS) is 23.1. The number of urea groups is 1. The average molecular weight is 224 g/mol. The fourth-order valence-corrected chi connectivity index (χ4v) is 1.89. The minimum absolute atomic E-state index is 0.258. The van der Waals surface area contributed by atoms with Crippen LogP contribution in [-0.2, 0) is 6.42 Å². The Bertz CT molecular complexity index is 388. The van der Waals surface area contributed by atoms with Crippen LogP contribution >= 0.6 is 0 Å². The second-order valence-electron chi connectivity index (χ2n) is 4.18. The molecule has 0 radical (unpaired) electrons. The van der Waals surface area contributed by atoms with Crippen molar-refractivity contribution in [2.45, 2.75) is 25.7 Å². The second-order valence-corrected chi connectivity index (χ2v) is 4.18. The van der Waals surface area contributed by atoms with Crippen LogP contribution in [0.3, 0.4) is 0 Å². The molecule has 1 heterocycles. The monoisotopic (exact) mass is 224 g/mol. The highest BCUT2D eigenvalue weighted by Crippen LogP contribution is 2.48. The topological polar surface area (TPSA) is 79.7 Å². The Morgan fingerprint density at radius 1 is 1.69 bits per heavy atom. The van der Waals surface area contributed by atoms with Gasteiger partial charge in [0.05, 0.1) is 6.54 Å². The van der Waals surface area contributed by atoms with Gasteiger partial charge in [0.1, 0.15) is 11.5 Å². The van der Waals surface area contributed by atoms with Crippen molar-refractivity contribution in [2.24, 2.45) is 11.7 Å². The molecular formula is C11H16N2O3. The predicted octanol–water partition coefficient (Wildman–Crippen LogP) is 1.72. The number of rotatable bonds is 4. The van der Waals surface area contributed by atoms with Crippen LogP contribution in [0.1, 0.15) is 30.8 Å². The smallest absolute Gasteiger partial charge is 0.338 e. The number of furan rings is 1. The molecule has 1 aromatic heterocycles. The summed E-state index contributed by atoms with van der Waals surface area (Å²) in [4.78, 5) is 10.6. The number of nitrogens with two attached hydrogens (primary N) is 1. The number of hydrogen-bond acceptors (Lipinski definition) is 3. The summed E-state index contributed by atoms with van der Waals surface area (Å²) >= 11 is 0. The van der Waals surface area contributed by atoms with Crippen LogP contribution in [-0.4, -0.2) is 22.8 Å². The number of amides is 2. The maximum atomic E-state index is 10.6. The maximum absolute atomic E-state index is 10.6. The van der Waals surface area contributed by atoms with Crippen molar-refractivity contribution < 1.29 is 14.4 Å². The van der Waals surface area contributed by atoms with Crippen molar-refractivity contribution in [3.8, 4) is 0 Å². The average Bonchev–Trinajstić information content (AvgIpc) is 2.85. The van der Waals surface area contributed by atoms with Gasteiger partial charge in [-0.25, -0.2) is 9.86 Å². The van der Waals surface area contributed by atoms with Crippen LogP contribution in [0.25, 0.3) is 0 Å². The van der Waals surface area contributed by atoms with Gasteiger partial charge in [-0.2, -0.15) is 0 Å². The molecule has 0 unspecified atom stereocenters. The second kappa shape index (κ2) is 4.17. The SMILES string of the molecule is CCc1ccc([C@H]2C[C@@H]2CN(O)C(N)=O)o1. The summed E-state index contributed by atoms with van der Waals surface area (Å²) in [5, 5.41) is 9.74. The van der Waals surface area contributed by atoms with Gasteiger partial charge in [-0.05, 0) is 24.5 Å². The summed E-state index contributed by atoms with van der Waals surface area (Å²) in [7, 11) is 0. The zero-order valence-corrected chi connectivity index (χ0v) is 9.22. The molecule has 5 heteroatoms. The lowest BCUT2D eigenvalue weighted by Crippen LogP contribution is -2.34. The Hall–Kier alpha value is -1.49. The standard InChI is InChI=1S/C11H16N2O3/c1-2-8-3-4-10(16-8)9-5-7(9)6-13(15)11(12)14/h3-4,7,9,15H,2,5-6H2,1H3,(H2,12,14)/t7-,9+/m1/s1. The molecule has 88 valence electrons. The van der Waals surface area contributed by atoms with Crippen LogP contribution < -0.4 is 5.73 Å². The van der Waals surface area contributed by atoms with Crippen molar-refractivity contribution >= 4 is 6.03 Å². The van der Waals surface area contributed by atoms with Crippen molar-refractivity contribution in [1.82, 2.24) is 5.06 Å². The molecule has 2 atom stereocenters. The highest BCUT2D eigenvalue weighted by molar-refractivity contribution is 5.70. The zero-order valence-electron chi connectivity index (χ0n) is 9.22. The number of carbonyl (C=O) groups excluding carboxylic acids is 1. The summed E-state index contributed by atoms with van der Waals surface area (Å²) in [6.45, 7) is 2.32. The van der Waals surface area contributed by atoms with Gasteiger partial charge in [-0.15, -0.1) is 0 Å². The van der Waals surface area contributed by atoms with Crippen molar-refractivity contribution in [3.05, 3.63) is 23.7 Å². The molecular weight excluding hydrogens is 208 g/mol. The Labute approximate surface area is 93.8 Å². The molecule has 0 aliphatic heterocycles. The lowest BCUT2D eigenvalue weighted by Gasteiger charge is -2.10. The molecule has 5 nitrogen and oxygen atoms in total. The van der Waals surface area contributed by atoms with E-state index in [1.54, 1.807) is 0 Å². The number of hydrogen-bond donors (Lipinski definition) is 2. The Morgan fingerprint density at radius 2 is 2.44 bits per heavy atom. The Balaban J connectivity index is 1.89. The Kier molecular flexibility index (Phi) is 2.87. The molecule has 16 heavy (non-hydrogen) atoms. The summed E-state index contributed by atoms with van der Waals surface area (Å²) in [5.41, 5.74) is 4.94. The molecule has 1 fully saturated rings. The van der Waals surface area contributed by atoms with Gasteiger partial charge in [-0.1, -0.05) is 6.92 Å². The van der Waals surface area contributed by atoms with E-state index in [1.165, 1.54) is 0 Å². The molecule has 0 spiro atoms. The first-order chi connectivity index (χ1) is 7.61. The van der Waals surface area contributed by atoms with Gasteiger partial charge in [0.15, 0.2) is 0 Å². The lowest BCUT2D eigenvalue weighted by atomic mass is 10.2. The first-order valence-electron chi connectivity index (χ1n) is 5.46. The highest BCUT2D eigenvalue weighted by Gasteiger charge is 2.42. The van der Waals surface area contributed by atoms with Gasteiger partial charge >= 0.3 is 6.03 Å². The van der Waals surface area contributed by atoms with Crippen molar-refractivity contribution in [2.75, 3.05) is 6.54 Å². The summed E-state index contributed by atoms with van der Waals surface area (Å²) < 4.78 is 5.61. The van der Waals surface area contributed by atoms with Crippen LogP contribution in [0.15, 0.2) is 16.5 Å². The van der Waals surface area contributed by atoms with Crippen molar-refractivity contribution in [3.63, 3.8) is 0 Å². The minimum atomic E-state index is -0.806. The van der Waals surface area contributed by atoms with Gasteiger partial charge in [-0.3, -0.25) is 5.21 Å². The van der Waals surface area contributed by atoms with E-state index >= 15 is 0 Å². The number of aryl methyl sites for hydroxylation is 1. The first kappa shape index (κ1) is 11.0. The fourth-order valence-electron chi connectivity index (χ4n) is 1.89. The van der Waals surface area contributed by atoms with E-state index in [4.69, 9.17) is 10.2 Å². The minimum Gasteiger partial charge on any atom is -0.466 e. The van der Waals surface area contributed by atoms with E-state index < -0.39 is 6.03 Å². The summed E-state index contributed by atoms with van der Waals surface area (Å²) in [5.74, 6) is 2.48. The molecule has 0 aromatic carbocycles. The van der Waals surface area contributed by atoms with Gasteiger partial charge < -0.3 is 10.2 Å². The largest absolute Gasteiger partial charge is 0.466 e. The maximum Gasteiger partial charge on any atom is 0.338 e. The Morgan fingerprint density at radius 3 is 3.00 bits per heavy atom. The first-order valence-corrected chi connectivity index (χ1v) is 5.46. The van der Waals surface area contributed by atoms with Crippen LogP contribution in [0.5, 0.6) is 0 Å². The molecule has 0 saturated heterocycles. The lowest BCUT2D eigenvalue weighted by molar-refractivity contribution is -0.0433. The third kappa shape index (κ3) is 2.19. The predicted molar refractivity (Wildman–Crippen MR) is 57.0 cm³/mol. The third-order valence-electron chi connectivity index (χ3n) is 2.98. The van der Waals surface area contributed by atoms with Gasteiger partial charge in [0.2, 0.25) is 0 Å². The quantitative estimate of drug-likeness (QED) is 0.603. The zero-order chi connectivity index (χ0) is 11.7. The number of primary amides is 1. The molecule has 1 aliphatic rings. The van der Waals surface area contributed by atoms with Crippen molar-refractivity contribution in [1.29, 1.82) is 0 Å². The van der Waals surface area contributed by atoms with E-state index in [0.717, 1.165) is 24.4 Å². The van der Waals surface area contributed by atoms with E-state index in [2.05, 4.69) is 0 Å². The van der Waals surface area contributed by atoms with Crippen LogP contribution in [0.4, 0.5) is 4.79 Å². The molecule has 2 rings (SSSR count). The van der Waals surface area contributed by atoms with E-state index in [9.17, 15) is 10.0 Å². The van der Waals surface area contributed by atoms with Crippen LogP contribution in [0, 0.1) is 5.92 Å². The molecule has 0 bridgehead atoms. The van der Waals surface area contributed by atoms with E-state index in [1.807, 2.05) is 19.1 Å². The molecule has 1 aliphatic carbocycles. The van der Waals surface area contributed by atoms with Crippen LogP contribution in [0.2, 0.25) is 0 Å². The molecule has 1 aromatic rings. The van der Waals surface area contributed by atoms with E-state index in [0.29, 0.717) is 11.0 Å². The highest BCUT2D eigenvalue weighted by atomic mass is 16.5. The van der Waals surface area contributed by atoms with Gasteiger partial charge in [0.25, 0.3) is 0 Å². The summed E-state index contributed by atoms with van der Waals surface area (Å²) in [6.07, 6.45) is 1.81. The van der Waals surface area contributed by atoms with E-state index in [-0.39, 0.29) is 12.5 Å². The number of hydroxylamine groups is 2.